The van der Waals surface area contributed by atoms with Crippen molar-refractivity contribution < 1.29 is 4.79 Å². The zero-order valence-corrected chi connectivity index (χ0v) is 8.92. The number of aldehydes is 1. The number of allylic oxidation sites excluding steroid dienone is 4. The Morgan fingerprint density at radius 2 is 1.93 bits per heavy atom. The van der Waals surface area contributed by atoms with Crippen molar-refractivity contribution in [2.24, 2.45) is 5.92 Å². The van der Waals surface area contributed by atoms with Crippen molar-refractivity contribution in [3.05, 3.63) is 23.8 Å². The molecule has 14 heavy (non-hydrogen) atoms. The van der Waals surface area contributed by atoms with E-state index in [2.05, 4.69) is 20.8 Å². The third-order valence-corrected chi connectivity index (χ3v) is 1.92. The molecule has 0 saturated heterocycles. The van der Waals surface area contributed by atoms with Gasteiger partial charge in [0, 0.05) is 0 Å². The Hall–Kier alpha value is -0.850. The zero-order chi connectivity index (χ0) is 10.1. The smallest absolute Gasteiger partial charge is 0.142 e. The predicted molar refractivity (Wildman–Crippen MR) is 64.4 cm³/mol. The van der Waals surface area contributed by atoms with Gasteiger partial charge in [-0.25, -0.2) is 0 Å². The van der Waals surface area contributed by atoms with Crippen LogP contribution < -0.4 is 0 Å². The van der Waals surface area contributed by atoms with Crippen LogP contribution in [0.5, 0.6) is 0 Å². The molecule has 0 heterocycles. The van der Waals surface area contributed by atoms with Crippen LogP contribution in [0.2, 0.25) is 0 Å². The molecule has 0 aliphatic rings. The van der Waals surface area contributed by atoms with E-state index in [0.29, 0.717) is 0 Å². The quantitative estimate of drug-likeness (QED) is 0.354. The predicted octanol–water partition coefficient (Wildman–Crippen LogP) is 4.15. The molecule has 1 heteroatoms. The van der Waals surface area contributed by atoms with Crippen LogP contribution in [0, 0.1) is 5.92 Å². The molecule has 0 aromatic heterocycles. The summed E-state index contributed by atoms with van der Waals surface area (Å²) in [5, 5.41) is 0. The molecule has 0 bridgehead atoms. The molecule has 0 spiro atoms. The average Bonchev–Trinajstić information content (AvgIpc) is 2.04. The van der Waals surface area contributed by atoms with Gasteiger partial charge in [-0.15, -0.1) is 0 Å². The summed E-state index contributed by atoms with van der Waals surface area (Å²) in [6.45, 7) is 6.59. The van der Waals surface area contributed by atoms with E-state index in [1.807, 2.05) is 6.08 Å². The van der Waals surface area contributed by atoms with E-state index in [9.17, 15) is 4.79 Å². The summed E-state index contributed by atoms with van der Waals surface area (Å²) in [5.74, 6) is 0.790. The van der Waals surface area contributed by atoms with Gasteiger partial charge in [-0.3, -0.25) is 4.79 Å². The second kappa shape index (κ2) is 10.2. The van der Waals surface area contributed by atoms with E-state index in [-0.39, 0.29) is 7.43 Å². The van der Waals surface area contributed by atoms with Crippen molar-refractivity contribution in [2.45, 2.75) is 47.5 Å². The van der Waals surface area contributed by atoms with E-state index in [1.54, 1.807) is 6.08 Å². The van der Waals surface area contributed by atoms with Crippen LogP contribution in [-0.4, -0.2) is 6.29 Å². The highest BCUT2D eigenvalue weighted by Gasteiger charge is 1.94. The molecule has 0 aromatic carbocycles. The first-order chi connectivity index (χ1) is 6.16. The normalized spacial score (nSPS) is 11.9. The lowest BCUT2D eigenvalue weighted by Gasteiger charge is -2.03. The summed E-state index contributed by atoms with van der Waals surface area (Å²) < 4.78 is 0. The topological polar surface area (TPSA) is 17.1 Å². The van der Waals surface area contributed by atoms with Crippen LogP contribution in [0.4, 0.5) is 0 Å². The van der Waals surface area contributed by atoms with Gasteiger partial charge >= 0.3 is 0 Å². The second-order valence-electron chi connectivity index (χ2n) is 3.82. The van der Waals surface area contributed by atoms with Crippen LogP contribution in [-0.2, 0) is 4.79 Å². The zero-order valence-electron chi connectivity index (χ0n) is 8.92. The molecular weight excluding hydrogens is 172 g/mol. The van der Waals surface area contributed by atoms with Gasteiger partial charge in [-0.1, -0.05) is 45.4 Å². The Bertz CT molecular complexity index is 187. The van der Waals surface area contributed by atoms with Crippen LogP contribution >= 0.6 is 0 Å². The summed E-state index contributed by atoms with van der Waals surface area (Å²) in [7, 11) is 0. The number of hydrogen-bond acceptors (Lipinski definition) is 1. The minimum Gasteiger partial charge on any atom is -0.299 e. The molecule has 0 N–H and O–H groups in total. The van der Waals surface area contributed by atoms with Crippen molar-refractivity contribution in [2.75, 3.05) is 0 Å². The van der Waals surface area contributed by atoms with E-state index in [1.165, 1.54) is 24.5 Å². The molecule has 0 saturated carbocycles. The Labute approximate surface area is 88.9 Å². The first-order valence-corrected chi connectivity index (χ1v) is 4.94. The molecule has 0 aromatic rings. The molecule has 82 valence electrons. The monoisotopic (exact) mass is 196 g/mol. The van der Waals surface area contributed by atoms with Crippen LogP contribution in [0.1, 0.15) is 47.5 Å². The number of hydrogen-bond donors (Lipinski definition) is 0. The molecule has 0 aliphatic carbocycles. The fourth-order valence-corrected chi connectivity index (χ4v) is 1.14. The maximum atomic E-state index is 9.97. The van der Waals surface area contributed by atoms with Gasteiger partial charge in [-0.05, 0) is 31.8 Å². The molecule has 0 fully saturated rings. The molecule has 0 rings (SSSR count). The lowest BCUT2D eigenvalue weighted by molar-refractivity contribution is -0.104. The fourth-order valence-electron chi connectivity index (χ4n) is 1.14. The fraction of sp³-hybridized carbons (Fsp3) is 0.615. The van der Waals surface area contributed by atoms with E-state index < -0.39 is 0 Å². The largest absolute Gasteiger partial charge is 0.299 e. The number of carbonyl (C=O) groups excluding carboxylic acids is 1. The SMILES string of the molecule is C.CC(=C/C=C/C=O)CCCC(C)C. The second-order valence-corrected chi connectivity index (χ2v) is 3.82. The van der Waals surface area contributed by atoms with Crippen molar-refractivity contribution in [1.82, 2.24) is 0 Å². The Morgan fingerprint density at radius 3 is 2.43 bits per heavy atom. The lowest BCUT2D eigenvalue weighted by atomic mass is 10.0. The third-order valence-electron chi connectivity index (χ3n) is 1.92. The highest BCUT2D eigenvalue weighted by molar-refractivity contribution is 5.65. The Morgan fingerprint density at radius 1 is 1.29 bits per heavy atom. The maximum absolute atomic E-state index is 9.97. The summed E-state index contributed by atoms with van der Waals surface area (Å²) in [4.78, 5) is 9.97. The lowest BCUT2D eigenvalue weighted by Crippen LogP contribution is -1.87. The van der Waals surface area contributed by atoms with Gasteiger partial charge in [0.1, 0.15) is 6.29 Å². The molecule has 0 radical (unpaired) electrons. The summed E-state index contributed by atoms with van der Waals surface area (Å²) >= 11 is 0. The molecule has 0 unspecified atom stereocenters. The standard InChI is InChI=1S/C12H20O.CH4/c1-11(2)7-6-9-12(3)8-4-5-10-13;/h4-5,8,10-11H,6-7,9H2,1-3H3;1H4/b5-4+,12-8?;. The first kappa shape index (κ1) is 15.6. The summed E-state index contributed by atoms with van der Waals surface area (Å²) in [6, 6.07) is 0. The molecular formula is C13H24O. The van der Waals surface area contributed by atoms with Gasteiger partial charge < -0.3 is 0 Å². The van der Waals surface area contributed by atoms with Gasteiger partial charge in [0.25, 0.3) is 0 Å². The Balaban J connectivity index is 0. The van der Waals surface area contributed by atoms with E-state index in [4.69, 9.17) is 0 Å². The van der Waals surface area contributed by atoms with Gasteiger partial charge in [0.2, 0.25) is 0 Å². The van der Waals surface area contributed by atoms with Gasteiger partial charge in [0.05, 0.1) is 0 Å². The van der Waals surface area contributed by atoms with Crippen molar-refractivity contribution in [3.63, 3.8) is 0 Å². The van der Waals surface area contributed by atoms with Gasteiger partial charge in [-0.2, -0.15) is 0 Å². The van der Waals surface area contributed by atoms with Crippen LogP contribution in [0.15, 0.2) is 23.8 Å². The van der Waals surface area contributed by atoms with Crippen molar-refractivity contribution >= 4 is 6.29 Å². The van der Waals surface area contributed by atoms with Gasteiger partial charge in [0.15, 0.2) is 0 Å². The summed E-state index contributed by atoms with van der Waals surface area (Å²) in [5.41, 5.74) is 1.35. The maximum Gasteiger partial charge on any atom is 0.142 e. The minimum atomic E-state index is 0. The third kappa shape index (κ3) is 11.2. The molecule has 0 amide bonds. The number of carbonyl (C=O) groups is 1. The average molecular weight is 196 g/mol. The highest BCUT2D eigenvalue weighted by Crippen LogP contribution is 2.11. The molecule has 0 atom stereocenters. The van der Waals surface area contributed by atoms with Crippen molar-refractivity contribution in [1.29, 1.82) is 0 Å². The summed E-state index contributed by atoms with van der Waals surface area (Å²) in [6.07, 6.45) is 9.80. The minimum absolute atomic E-state index is 0. The first-order valence-electron chi connectivity index (χ1n) is 4.94. The van der Waals surface area contributed by atoms with Crippen molar-refractivity contribution in [3.8, 4) is 0 Å². The van der Waals surface area contributed by atoms with Crippen LogP contribution in [0.3, 0.4) is 0 Å². The molecule has 0 aliphatic heterocycles. The van der Waals surface area contributed by atoms with Crippen LogP contribution in [0.25, 0.3) is 0 Å². The van der Waals surface area contributed by atoms with E-state index in [0.717, 1.165) is 18.6 Å². The Kier molecular flexibility index (Phi) is 11.4. The highest BCUT2D eigenvalue weighted by atomic mass is 16.1. The number of rotatable bonds is 6. The van der Waals surface area contributed by atoms with E-state index >= 15 is 0 Å². The molecule has 1 nitrogen and oxygen atoms in total.